The average molecular weight is 398 g/mol. The predicted molar refractivity (Wildman–Crippen MR) is 111 cm³/mol. The molecule has 0 saturated carbocycles. The van der Waals surface area contributed by atoms with E-state index in [-0.39, 0.29) is 5.91 Å². The number of carbonyl (C=O) groups is 1. The van der Waals surface area contributed by atoms with E-state index in [1.807, 2.05) is 19.1 Å². The van der Waals surface area contributed by atoms with Gasteiger partial charge in [-0.15, -0.1) is 0 Å². The minimum absolute atomic E-state index is 0.292. The number of methoxy groups -OCH3 is 2. The maximum atomic E-state index is 12.6. The molecule has 0 saturated heterocycles. The summed E-state index contributed by atoms with van der Waals surface area (Å²) in [5.41, 5.74) is 3.37. The van der Waals surface area contributed by atoms with Crippen LogP contribution in [0.3, 0.4) is 0 Å². The summed E-state index contributed by atoms with van der Waals surface area (Å²) >= 11 is 5.96. The van der Waals surface area contributed by atoms with Crippen molar-refractivity contribution in [2.75, 3.05) is 24.9 Å². The summed E-state index contributed by atoms with van der Waals surface area (Å²) in [7, 11) is 3.16. The number of carbonyl (C=O) groups excluding carboxylic acids is 1. The topological polar surface area (TPSA) is 72.5 Å². The Labute approximate surface area is 168 Å². The van der Waals surface area contributed by atoms with Gasteiger partial charge >= 0.3 is 0 Å². The largest absolute Gasteiger partial charge is 0.493 e. The Morgan fingerprint density at radius 1 is 0.964 bits per heavy atom. The molecule has 3 rings (SSSR count). The number of aryl methyl sites for hydroxylation is 1. The molecule has 0 atom stereocenters. The van der Waals surface area contributed by atoms with E-state index in [2.05, 4.69) is 15.6 Å². The molecular weight excluding hydrogens is 378 g/mol. The highest BCUT2D eigenvalue weighted by molar-refractivity contribution is 6.30. The smallest absolute Gasteiger partial charge is 0.274 e. The van der Waals surface area contributed by atoms with Gasteiger partial charge in [-0.2, -0.15) is 0 Å². The van der Waals surface area contributed by atoms with Gasteiger partial charge in [-0.3, -0.25) is 9.78 Å². The van der Waals surface area contributed by atoms with Crippen molar-refractivity contribution in [3.63, 3.8) is 0 Å². The Hall–Kier alpha value is -3.25. The number of nitrogens with zero attached hydrogens (tertiary/aromatic N) is 1. The number of halogens is 1. The summed E-state index contributed by atoms with van der Waals surface area (Å²) < 4.78 is 10.6. The van der Waals surface area contributed by atoms with Crippen LogP contribution in [0.2, 0.25) is 5.02 Å². The third kappa shape index (κ3) is 4.53. The molecule has 7 heteroatoms. The Balaban J connectivity index is 1.77. The number of nitrogens with one attached hydrogen (secondary N) is 2. The molecule has 0 aliphatic carbocycles. The van der Waals surface area contributed by atoms with Crippen molar-refractivity contribution in [2.24, 2.45) is 0 Å². The normalized spacial score (nSPS) is 10.3. The number of aromatic nitrogens is 1. The SMILES string of the molecule is COc1ccc(Nc2ccnc(C(=O)Nc3ccc(Cl)cc3C)c2)cc1OC. The average Bonchev–Trinajstić information content (AvgIpc) is 2.70. The zero-order valence-corrected chi connectivity index (χ0v) is 16.5. The minimum atomic E-state index is -0.304. The van der Waals surface area contributed by atoms with Crippen LogP contribution in [-0.2, 0) is 0 Å². The van der Waals surface area contributed by atoms with Gasteiger partial charge < -0.3 is 20.1 Å². The molecule has 0 fully saturated rings. The lowest BCUT2D eigenvalue weighted by molar-refractivity contribution is 0.102. The molecule has 2 N–H and O–H groups in total. The summed E-state index contributed by atoms with van der Waals surface area (Å²) in [6.07, 6.45) is 1.58. The number of ether oxygens (including phenoxy) is 2. The van der Waals surface area contributed by atoms with Crippen LogP contribution in [-0.4, -0.2) is 25.1 Å². The minimum Gasteiger partial charge on any atom is -0.493 e. The van der Waals surface area contributed by atoms with Crippen molar-refractivity contribution < 1.29 is 14.3 Å². The molecule has 6 nitrogen and oxygen atoms in total. The van der Waals surface area contributed by atoms with Gasteiger partial charge in [0.15, 0.2) is 11.5 Å². The van der Waals surface area contributed by atoms with Crippen LogP contribution in [0, 0.1) is 6.92 Å². The van der Waals surface area contributed by atoms with Gasteiger partial charge in [-0.1, -0.05) is 11.6 Å². The third-order valence-corrected chi connectivity index (χ3v) is 4.34. The van der Waals surface area contributed by atoms with Crippen molar-refractivity contribution in [3.05, 3.63) is 71.0 Å². The van der Waals surface area contributed by atoms with Crippen molar-refractivity contribution in [1.29, 1.82) is 0 Å². The van der Waals surface area contributed by atoms with Gasteiger partial charge in [-0.25, -0.2) is 0 Å². The predicted octanol–water partition coefficient (Wildman–Crippen LogP) is 5.06. The first-order valence-electron chi connectivity index (χ1n) is 8.53. The van der Waals surface area contributed by atoms with Gasteiger partial charge in [0, 0.05) is 34.3 Å². The Kier molecular flexibility index (Phi) is 6.01. The lowest BCUT2D eigenvalue weighted by Gasteiger charge is -2.12. The molecular formula is C21H20ClN3O3. The van der Waals surface area contributed by atoms with Crippen LogP contribution in [0.5, 0.6) is 11.5 Å². The molecule has 0 radical (unpaired) electrons. The zero-order valence-electron chi connectivity index (χ0n) is 15.7. The molecule has 0 aliphatic rings. The van der Waals surface area contributed by atoms with E-state index < -0.39 is 0 Å². The van der Waals surface area contributed by atoms with Crippen LogP contribution >= 0.6 is 11.6 Å². The van der Waals surface area contributed by atoms with E-state index >= 15 is 0 Å². The molecule has 3 aromatic rings. The zero-order chi connectivity index (χ0) is 20.1. The number of rotatable bonds is 6. The van der Waals surface area contributed by atoms with Crippen LogP contribution in [0.1, 0.15) is 16.1 Å². The second-order valence-electron chi connectivity index (χ2n) is 6.04. The molecule has 1 heterocycles. The van der Waals surface area contributed by atoms with E-state index in [1.165, 1.54) is 0 Å². The fourth-order valence-corrected chi connectivity index (χ4v) is 2.89. The number of amides is 1. The first-order valence-corrected chi connectivity index (χ1v) is 8.90. The van der Waals surface area contributed by atoms with E-state index in [0.29, 0.717) is 27.9 Å². The van der Waals surface area contributed by atoms with Crippen LogP contribution in [0.15, 0.2) is 54.7 Å². The summed E-state index contributed by atoms with van der Waals surface area (Å²) in [4.78, 5) is 16.7. The van der Waals surface area contributed by atoms with Crippen LogP contribution in [0.4, 0.5) is 17.1 Å². The molecule has 1 aromatic heterocycles. The van der Waals surface area contributed by atoms with Crippen LogP contribution < -0.4 is 20.1 Å². The Morgan fingerprint density at radius 3 is 2.43 bits per heavy atom. The van der Waals surface area contributed by atoms with Crippen LogP contribution in [0.25, 0.3) is 0 Å². The summed E-state index contributed by atoms with van der Waals surface area (Å²) in [5.74, 6) is 0.945. The Morgan fingerprint density at radius 2 is 1.71 bits per heavy atom. The highest BCUT2D eigenvalue weighted by atomic mass is 35.5. The molecule has 0 aliphatic heterocycles. The van der Waals surface area contributed by atoms with E-state index in [4.69, 9.17) is 21.1 Å². The number of benzene rings is 2. The van der Waals surface area contributed by atoms with Gasteiger partial charge in [-0.05, 0) is 55.0 Å². The molecule has 2 aromatic carbocycles. The molecule has 28 heavy (non-hydrogen) atoms. The first-order chi connectivity index (χ1) is 13.5. The van der Waals surface area contributed by atoms with E-state index in [1.54, 1.807) is 56.8 Å². The standard InChI is InChI=1S/C21H20ClN3O3/c1-13-10-14(22)4-6-17(13)25-21(26)18-11-16(8-9-23-18)24-15-5-7-19(27-2)20(12-15)28-3/h4-12H,1-3H3,(H,23,24)(H,25,26). The highest BCUT2D eigenvalue weighted by Crippen LogP contribution is 2.31. The Bertz CT molecular complexity index is 1010. The van der Waals surface area contributed by atoms with Gasteiger partial charge in [0.05, 0.1) is 14.2 Å². The lowest BCUT2D eigenvalue weighted by Crippen LogP contribution is -2.14. The quantitative estimate of drug-likeness (QED) is 0.608. The molecule has 1 amide bonds. The summed E-state index contributed by atoms with van der Waals surface area (Å²) in [6, 6.07) is 14.2. The van der Waals surface area contributed by atoms with E-state index in [9.17, 15) is 4.79 Å². The summed E-state index contributed by atoms with van der Waals surface area (Å²) in [6.45, 7) is 1.88. The number of pyridine rings is 1. The third-order valence-electron chi connectivity index (χ3n) is 4.10. The molecule has 0 spiro atoms. The second-order valence-corrected chi connectivity index (χ2v) is 6.47. The van der Waals surface area contributed by atoms with Crippen molar-refractivity contribution in [3.8, 4) is 11.5 Å². The lowest BCUT2D eigenvalue weighted by atomic mass is 10.2. The van der Waals surface area contributed by atoms with Gasteiger partial charge in [0.2, 0.25) is 0 Å². The fraction of sp³-hybridized carbons (Fsp3) is 0.143. The molecule has 0 unspecified atom stereocenters. The number of hydrogen-bond acceptors (Lipinski definition) is 5. The second kappa shape index (κ2) is 8.63. The maximum Gasteiger partial charge on any atom is 0.274 e. The fourth-order valence-electron chi connectivity index (χ4n) is 2.67. The number of anilines is 3. The van der Waals surface area contributed by atoms with E-state index in [0.717, 1.165) is 16.9 Å². The summed E-state index contributed by atoms with van der Waals surface area (Å²) in [5, 5.41) is 6.71. The first kappa shape index (κ1) is 19.5. The molecule has 0 bridgehead atoms. The van der Waals surface area contributed by atoms with Gasteiger partial charge in [0.25, 0.3) is 5.91 Å². The monoisotopic (exact) mass is 397 g/mol. The van der Waals surface area contributed by atoms with Crippen molar-refractivity contribution >= 4 is 34.6 Å². The van der Waals surface area contributed by atoms with Gasteiger partial charge in [0.1, 0.15) is 5.69 Å². The highest BCUT2D eigenvalue weighted by Gasteiger charge is 2.11. The maximum absolute atomic E-state index is 12.6. The van der Waals surface area contributed by atoms with Crippen molar-refractivity contribution in [1.82, 2.24) is 4.98 Å². The molecule has 144 valence electrons. The number of hydrogen-bond donors (Lipinski definition) is 2. The van der Waals surface area contributed by atoms with Crippen molar-refractivity contribution in [2.45, 2.75) is 6.92 Å².